The van der Waals surface area contributed by atoms with Crippen LogP contribution in [0.3, 0.4) is 0 Å². The molecule has 2 rings (SSSR count). The Morgan fingerprint density at radius 3 is 2.27 bits per heavy atom. The molecule has 0 radical (unpaired) electrons. The predicted molar refractivity (Wildman–Crippen MR) is 58.8 cm³/mol. The zero-order valence-corrected chi connectivity index (χ0v) is 9.32. The molecule has 0 bridgehead atoms. The summed E-state index contributed by atoms with van der Waals surface area (Å²) in [5, 5.41) is 8.97. The van der Waals surface area contributed by atoms with Gasteiger partial charge in [-0.05, 0) is 45.2 Å². The summed E-state index contributed by atoms with van der Waals surface area (Å²) in [6.07, 6.45) is 8.17. The first-order valence-corrected chi connectivity index (χ1v) is 6.24. The molecule has 1 heterocycles. The lowest BCUT2D eigenvalue weighted by molar-refractivity contribution is -0.141. The maximum Gasteiger partial charge on any atom is 0.306 e. The van der Waals surface area contributed by atoms with Crippen molar-refractivity contribution in [2.24, 2.45) is 5.92 Å². The molecule has 15 heavy (non-hydrogen) atoms. The summed E-state index contributed by atoms with van der Waals surface area (Å²) in [6.45, 7) is 2.38. The molecular formula is C12H21NO2. The van der Waals surface area contributed by atoms with Gasteiger partial charge in [-0.15, -0.1) is 0 Å². The third-order valence-corrected chi connectivity index (χ3v) is 3.91. The number of carboxylic acid groups (broad SMARTS) is 1. The highest BCUT2D eigenvalue weighted by atomic mass is 16.4. The molecule has 2 fully saturated rings. The van der Waals surface area contributed by atoms with Crippen LogP contribution in [-0.4, -0.2) is 35.1 Å². The molecule has 2 unspecified atom stereocenters. The Bertz CT molecular complexity index is 222. The van der Waals surface area contributed by atoms with E-state index in [0.717, 1.165) is 19.3 Å². The lowest BCUT2D eigenvalue weighted by Crippen LogP contribution is -2.34. The summed E-state index contributed by atoms with van der Waals surface area (Å²) in [5.74, 6) is -0.662. The number of nitrogens with zero attached hydrogens (tertiary/aromatic N) is 1. The largest absolute Gasteiger partial charge is 0.481 e. The van der Waals surface area contributed by atoms with E-state index in [1.54, 1.807) is 0 Å². The lowest BCUT2D eigenvalue weighted by atomic mass is 10.1. The minimum atomic E-state index is -0.590. The fourth-order valence-electron chi connectivity index (χ4n) is 2.97. The lowest BCUT2D eigenvalue weighted by Gasteiger charge is -2.27. The smallest absolute Gasteiger partial charge is 0.306 e. The molecule has 1 saturated heterocycles. The minimum Gasteiger partial charge on any atom is -0.481 e. The van der Waals surface area contributed by atoms with Crippen LogP contribution in [0.25, 0.3) is 0 Å². The Kier molecular flexibility index (Phi) is 3.62. The van der Waals surface area contributed by atoms with Gasteiger partial charge in [-0.3, -0.25) is 4.79 Å². The fourth-order valence-corrected chi connectivity index (χ4v) is 2.97. The molecule has 3 heteroatoms. The normalized spacial score (nSPS) is 33.9. The van der Waals surface area contributed by atoms with Gasteiger partial charge in [0.15, 0.2) is 0 Å². The number of hydrogen-bond donors (Lipinski definition) is 1. The zero-order valence-electron chi connectivity index (χ0n) is 9.32. The van der Waals surface area contributed by atoms with Crippen LogP contribution in [0.2, 0.25) is 0 Å². The zero-order chi connectivity index (χ0) is 10.7. The fraction of sp³-hybridized carbons (Fsp3) is 0.917. The van der Waals surface area contributed by atoms with E-state index in [2.05, 4.69) is 4.90 Å². The number of hydrogen-bond acceptors (Lipinski definition) is 2. The van der Waals surface area contributed by atoms with Crippen LogP contribution in [0, 0.1) is 5.92 Å². The number of carbonyl (C=O) groups is 1. The molecule has 0 spiro atoms. The van der Waals surface area contributed by atoms with E-state index >= 15 is 0 Å². The van der Waals surface area contributed by atoms with Crippen LogP contribution < -0.4 is 0 Å². The molecule has 0 aromatic carbocycles. The number of carboxylic acids is 1. The van der Waals surface area contributed by atoms with Gasteiger partial charge in [0.05, 0.1) is 5.92 Å². The monoisotopic (exact) mass is 211 g/mol. The van der Waals surface area contributed by atoms with Gasteiger partial charge in [-0.25, -0.2) is 0 Å². The van der Waals surface area contributed by atoms with Crippen LogP contribution in [0.15, 0.2) is 0 Å². The van der Waals surface area contributed by atoms with Gasteiger partial charge in [0.25, 0.3) is 0 Å². The first-order valence-electron chi connectivity index (χ1n) is 6.24. The highest BCUT2D eigenvalue weighted by molar-refractivity contribution is 5.70. The van der Waals surface area contributed by atoms with Crippen molar-refractivity contribution in [3.05, 3.63) is 0 Å². The van der Waals surface area contributed by atoms with Gasteiger partial charge in [-0.2, -0.15) is 0 Å². The third-order valence-electron chi connectivity index (χ3n) is 3.91. The molecule has 2 atom stereocenters. The minimum absolute atomic E-state index is 0.0711. The maximum atomic E-state index is 10.9. The molecule has 0 amide bonds. The van der Waals surface area contributed by atoms with Gasteiger partial charge >= 0.3 is 5.97 Å². The van der Waals surface area contributed by atoms with Gasteiger partial charge < -0.3 is 10.0 Å². The van der Waals surface area contributed by atoms with E-state index < -0.39 is 5.97 Å². The highest BCUT2D eigenvalue weighted by Gasteiger charge is 2.32. The quantitative estimate of drug-likeness (QED) is 0.760. The highest BCUT2D eigenvalue weighted by Crippen LogP contribution is 2.30. The SMILES string of the molecule is O=C(O)C1CCC(N2CCCCCC2)C1. The molecular weight excluding hydrogens is 190 g/mol. The van der Waals surface area contributed by atoms with E-state index in [1.807, 2.05) is 0 Å². The number of aliphatic carboxylic acids is 1. The average Bonchev–Trinajstić information content (AvgIpc) is 2.55. The van der Waals surface area contributed by atoms with Gasteiger partial charge in [0, 0.05) is 6.04 Å². The Hall–Kier alpha value is -0.570. The Balaban J connectivity index is 1.86. The van der Waals surface area contributed by atoms with Crippen molar-refractivity contribution in [2.75, 3.05) is 13.1 Å². The topological polar surface area (TPSA) is 40.5 Å². The van der Waals surface area contributed by atoms with Crippen molar-refractivity contribution in [1.82, 2.24) is 4.90 Å². The molecule has 86 valence electrons. The molecule has 3 nitrogen and oxygen atoms in total. The summed E-state index contributed by atoms with van der Waals surface area (Å²) in [6, 6.07) is 0.559. The molecule has 1 N–H and O–H groups in total. The van der Waals surface area contributed by atoms with E-state index in [9.17, 15) is 4.79 Å². The predicted octanol–water partition coefficient (Wildman–Crippen LogP) is 2.12. The molecule has 0 aromatic heterocycles. The van der Waals surface area contributed by atoms with E-state index in [4.69, 9.17) is 5.11 Å². The second kappa shape index (κ2) is 4.97. The Morgan fingerprint density at radius 1 is 1.07 bits per heavy atom. The number of rotatable bonds is 2. The molecule has 2 aliphatic rings. The second-order valence-electron chi connectivity index (χ2n) is 4.95. The summed E-state index contributed by atoms with van der Waals surface area (Å²) < 4.78 is 0. The van der Waals surface area contributed by atoms with Crippen LogP contribution in [-0.2, 0) is 4.79 Å². The van der Waals surface area contributed by atoms with Crippen LogP contribution >= 0.6 is 0 Å². The molecule has 1 aliphatic heterocycles. The summed E-state index contributed by atoms with van der Waals surface area (Å²) in [4.78, 5) is 13.4. The van der Waals surface area contributed by atoms with E-state index in [1.165, 1.54) is 38.8 Å². The van der Waals surface area contributed by atoms with Gasteiger partial charge in [0.2, 0.25) is 0 Å². The molecule has 1 aliphatic carbocycles. The van der Waals surface area contributed by atoms with Crippen molar-refractivity contribution in [2.45, 2.75) is 51.0 Å². The average molecular weight is 211 g/mol. The summed E-state index contributed by atoms with van der Waals surface area (Å²) in [5.41, 5.74) is 0. The van der Waals surface area contributed by atoms with Crippen molar-refractivity contribution >= 4 is 5.97 Å². The van der Waals surface area contributed by atoms with Crippen LogP contribution in [0.4, 0.5) is 0 Å². The van der Waals surface area contributed by atoms with Crippen molar-refractivity contribution in [1.29, 1.82) is 0 Å². The number of likely N-dealkylation sites (tertiary alicyclic amines) is 1. The Morgan fingerprint density at radius 2 is 1.73 bits per heavy atom. The van der Waals surface area contributed by atoms with Gasteiger partial charge in [-0.1, -0.05) is 12.8 Å². The van der Waals surface area contributed by atoms with Crippen molar-refractivity contribution in [3.8, 4) is 0 Å². The van der Waals surface area contributed by atoms with Crippen LogP contribution in [0.1, 0.15) is 44.9 Å². The summed E-state index contributed by atoms with van der Waals surface area (Å²) in [7, 11) is 0. The first kappa shape index (κ1) is 10.9. The van der Waals surface area contributed by atoms with Crippen molar-refractivity contribution < 1.29 is 9.90 Å². The first-order chi connectivity index (χ1) is 7.27. The Labute approximate surface area is 91.5 Å². The summed E-state index contributed by atoms with van der Waals surface area (Å²) >= 11 is 0. The van der Waals surface area contributed by atoms with E-state index in [-0.39, 0.29) is 5.92 Å². The maximum absolute atomic E-state index is 10.9. The van der Waals surface area contributed by atoms with Crippen molar-refractivity contribution in [3.63, 3.8) is 0 Å². The second-order valence-corrected chi connectivity index (χ2v) is 4.95. The van der Waals surface area contributed by atoms with Gasteiger partial charge in [0.1, 0.15) is 0 Å². The third kappa shape index (κ3) is 2.71. The molecule has 0 aromatic rings. The molecule has 1 saturated carbocycles. The standard InChI is InChI=1S/C12H21NO2/c14-12(15)10-5-6-11(9-10)13-7-3-1-2-4-8-13/h10-11H,1-9H2,(H,14,15). The van der Waals surface area contributed by atoms with Crippen LogP contribution in [0.5, 0.6) is 0 Å². The van der Waals surface area contributed by atoms with E-state index in [0.29, 0.717) is 6.04 Å².